The smallest absolute Gasteiger partial charge is 0.416 e. The molecule has 2 N–H and O–H groups in total. The second-order valence-electron chi connectivity index (χ2n) is 6.84. The Hall–Kier alpha value is -2.84. The van der Waals surface area contributed by atoms with E-state index in [0.717, 1.165) is 24.3 Å². The molecule has 0 radical (unpaired) electrons. The molecule has 0 saturated heterocycles. The number of anilines is 1. The Morgan fingerprint density at radius 1 is 0.931 bits per heavy atom. The normalized spacial score (nSPS) is 19.5. The summed E-state index contributed by atoms with van der Waals surface area (Å²) in [6, 6.07) is 6.97. The highest BCUT2D eigenvalue weighted by Gasteiger charge is 2.30. The van der Waals surface area contributed by atoms with Gasteiger partial charge in [-0.25, -0.2) is 13.6 Å². The second kappa shape index (κ2) is 8.67. The number of rotatable bonds is 4. The maximum absolute atomic E-state index is 13.2. The number of hydrogen-bond donors (Lipinski definition) is 2. The van der Waals surface area contributed by atoms with Crippen LogP contribution in [0.2, 0.25) is 0 Å². The maximum Gasteiger partial charge on any atom is 0.416 e. The third-order valence-electron chi connectivity index (χ3n) is 4.67. The number of hydrogen-bond acceptors (Lipinski definition) is 2. The summed E-state index contributed by atoms with van der Waals surface area (Å²) in [4.78, 5) is 12.0. The molecule has 29 heavy (non-hydrogen) atoms. The van der Waals surface area contributed by atoms with Crippen LogP contribution in [0.5, 0.6) is 5.75 Å². The van der Waals surface area contributed by atoms with Crippen molar-refractivity contribution < 1.29 is 31.5 Å². The van der Waals surface area contributed by atoms with Crippen LogP contribution < -0.4 is 15.4 Å². The van der Waals surface area contributed by atoms with Crippen LogP contribution in [0, 0.1) is 11.6 Å². The highest BCUT2D eigenvalue weighted by Crippen LogP contribution is 2.31. The summed E-state index contributed by atoms with van der Waals surface area (Å²) in [5.74, 6) is -1.68. The average Bonchev–Trinajstić information content (AvgIpc) is 2.66. The molecule has 0 spiro atoms. The molecule has 1 fully saturated rings. The highest BCUT2D eigenvalue weighted by atomic mass is 19.4. The minimum atomic E-state index is -4.39. The molecule has 1 saturated carbocycles. The molecule has 0 heterocycles. The lowest BCUT2D eigenvalue weighted by Gasteiger charge is -2.29. The third-order valence-corrected chi connectivity index (χ3v) is 4.67. The number of ether oxygens (including phenoxy) is 1. The van der Waals surface area contributed by atoms with E-state index in [2.05, 4.69) is 10.6 Å². The van der Waals surface area contributed by atoms with Crippen LogP contribution in [-0.4, -0.2) is 18.2 Å². The van der Waals surface area contributed by atoms with Gasteiger partial charge in [-0.3, -0.25) is 0 Å². The van der Waals surface area contributed by atoms with E-state index < -0.39 is 29.4 Å². The lowest BCUT2D eigenvalue weighted by Crippen LogP contribution is -2.41. The Morgan fingerprint density at radius 2 is 1.59 bits per heavy atom. The van der Waals surface area contributed by atoms with Gasteiger partial charge in [-0.2, -0.15) is 13.2 Å². The quantitative estimate of drug-likeness (QED) is 0.650. The molecule has 1 aliphatic carbocycles. The van der Waals surface area contributed by atoms with E-state index in [1.165, 1.54) is 18.2 Å². The first kappa shape index (κ1) is 20.9. The zero-order valence-corrected chi connectivity index (χ0v) is 15.2. The van der Waals surface area contributed by atoms with Crippen LogP contribution in [0.1, 0.15) is 31.2 Å². The molecule has 9 heteroatoms. The Morgan fingerprint density at radius 3 is 2.17 bits per heavy atom. The predicted molar refractivity (Wildman–Crippen MR) is 96.6 cm³/mol. The van der Waals surface area contributed by atoms with Crippen molar-refractivity contribution in [1.82, 2.24) is 5.32 Å². The van der Waals surface area contributed by atoms with Crippen LogP contribution in [-0.2, 0) is 6.18 Å². The molecule has 0 unspecified atom stereocenters. The van der Waals surface area contributed by atoms with Gasteiger partial charge in [0.1, 0.15) is 5.75 Å². The molecule has 3 rings (SSSR count). The Kier molecular flexibility index (Phi) is 6.24. The first-order valence-corrected chi connectivity index (χ1v) is 9.07. The van der Waals surface area contributed by atoms with Crippen molar-refractivity contribution in [2.45, 2.75) is 44.0 Å². The number of halogens is 5. The number of benzene rings is 2. The molecule has 156 valence electrons. The van der Waals surface area contributed by atoms with Gasteiger partial charge < -0.3 is 15.4 Å². The van der Waals surface area contributed by atoms with Gasteiger partial charge in [0.05, 0.1) is 11.7 Å². The highest BCUT2D eigenvalue weighted by molar-refractivity contribution is 5.89. The van der Waals surface area contributed by atoms with Crippen LogP contribution in [0.15, 0.2) is 42.5 Å². The zero-order chi connectivity index (χ0) is 21.0. The molecule has 2 amide bonds. The summed E-state index contributed by atoms with van der Waals surface area (Å²) < 4.78 is 69.6. The molecule has 0 aromatic heterocycles. The molecule has 2 aromatic rings. The summed E-state index contributed by atoms with van der Waals surface area (Å²) in [7, 11) is 0. The molecule has 2 aromatic carbocycles. The van der Waals surface area contributed by atoms with Gasteiger partial charge in [-0.05, 0) is 62.1 Å². The van der Waals surface area contributed by atoms with Crippen molar-refractivity contribution >= 4 is 11.7 Å². The molecule has 1 aliphatic rings. The summed E-state index contributed by atoms with van der Waals surface area (Å²) in [6.07, 6.45) is -2.05. The summed E-state index contributed by atoms with van der Waals surface area (Å²) >= 11 is 0. The predicted octanol–water partition coefficient (Wildman–Crippen LogP) is 5.50. The van der Waals surface area contributed by atoms with Gasteiger partial charge >= 0.3 is 12.2 Å². The van der Waals surface area contributed by atoms with Gasteiger partial charge in [0, 0.05) is 17.8 Å². The Labute approximate surface area is 164 Å². The maximum atomic E-state index is 13.2. The van der Waals surface area contributed by atoms with E-state index in [9.17, 15) is 26.7 Å². The van der Waals surface area contributed by atoms with Crippen molar-refractivity contribution in [1.29, 1.82) is 0 Å². The largest absolute Gasteiger partial charge is 0.490 e. The fourth-order valence-corrected chi connectivity index (χ4v) is 3.17. The van der Waals surface area contributed by atoms with Crippen molar-refractivity contribution in [2.75, 3.05) is 5.32 Å². The minimum absolute atomic E-state index is 0.118. The van der Waals surface area contributed by atoms with E-state index in [1.54, 1.807) is 0 Å². The summed E-state index contributed by atoms with van der Waals surface area (Å²) in [5.41, 5.74) is -0.592. The monoisotopic (exact) mass is 414 g/mol. The number of carbonyl (C=O) groups excluding carboxylic acids is 1. The second-order valence-corrected chi connectivity index (χ2v) is 6.84. The fourth-order valence-electron chi connectivity index (χ4n) is 3.17. The topological polar surface area (TPSA) is 50.4 Å². The zero-order valence-electron chi connectivity index (χ0n) is 15.2. The van der Waals surface area contributed by atoms with Gasteiger partial charge in [-0.15, -0.1) is 0 Å². The summed E-state index contributed by atoms with van der Waals surface area (Å²) in [6.45, 7) is 0. The van der Waals surface area contributed by atoms with Gasteiger partial charge in [0.15, 0.2) is 11.6 Å². The molecular formula is C20H19F5N2O2. The van der Waals surface area contributed by atoms with Crippen LogP contribution in [0.3, 0.4) is 0 Å². The average molecular weight is 414 g/mol. The number of alkyl halides is 3. The molecule has 4 nitrogen and oxygen atoms in total. The van der Waals surface area contributed by atoms with Crippen molar-refractivity contribution in [3.63, 3.8) is 0 Å². The van der Waals surface area contributed by atoms with Gasteiger partial charge in [0.25, 0.3) is 0 Å². The first-order valence-electron chi connectivity index (χ1n) is 9.07. The number of urea groups is 1. The van der Waals surface area contributed by atoms with Crippen LogP contribution in [0.4, 0.5) is 32.4 Å². The lowest BCUT2D eigenvalue weighted by molar-refractivity contribution is -0.137. The van der Waals surface area contributed by atoms with E-state index in [1.807, 2.05) is 0 Å². The fraction of sp³-hybridized carbons (Fsp3) is 0.350. The van der Waals surface area contributed by atoms with Gasteiger partial charge in [-0.1, -0.05) is 0 Å². The Bertz CT molecular complexity index is 847. The summed E-state index contributed by atoms with van der Waals surface area (Å²) in [5, 5.41) is 5.21. The van der Waals surface area contributed by atoms with Crippen LogP contribution >= 0.6 is 0 Å². The van der Waals surface area contributed by atoms with Gasteiger partial charge in [0.2, 0.25) is 0 Å². The van der Waals surface area contributed by atoms with Crippen LogP contribution in [0.25, 0.3) is 0 Å². The van der Waals surface area contributed by atoms with E-state index >= 15 is 0 Å². The van der Waals surface area contributed by atoms with E-state index in [4.69, 9.17) is 4.74 Å². The van der Waals surface area contributed by atoms with E-state index in [-0.39, 0.29) is 17.8 Å². The molecule has 0 atom stereocenters. The first-order chi connectivity index (χ1) is 13.7. The van der Waals surface area contributed by atoms with E-state index in [0.29, 0.717) is 31.4 Å². The van der Waals surface area contributed by atoms with Crippen molar-refractivity contribution in [2.24, 2.45) is 0 Å². The Balaban J connectivity index is 1.44. The lowest BCUT2D eigenvalue weighted by atomic mass is 9.93. The number of nitrogens with one attached hydrogen (secondary N) is 2. The SMILES string of the molecule is O=C(Nc1ccc(F)c(F)c1)N[C@H]1CC[C@H](Oc2ccc(C(F)(F)F)cc2)CC1. The molecule has 0 bridgehead atoms. The third kappa shape index (κ3) is 5.82. The van der Waals surface area contributed by atoms with Crippen molar-refractivity contribution in [3.05, 3.63) is 59.7 Å². The van der Waals surface area contributed by atoms with Crippen molar-refractivity contribution in [3.8, 4) is 5.75 Å². The number of amides is 2. The molecular weight excluding hydrogens is 395 g/mol. The number of carbonyl (C=O) groups is 1. The molecule has 0 aliphatic heterocycles. The standard InChI is InChI=1S/C20H19F5N2O2/c21-17-10-5-14(11-18(17)22)27-19(28)26-13-3-8-16(9-4-13)29-15-6-1-12(2-7-15)20(23,24)25/h1-2,5-7,10-11,13,16H,3-4,8-9H2,(H2,26,27,28)/t13-,16-. The minimum Gasteiger partial charge on any atom is -0.490 e.